The van der Waals surface area contributed by atoms with E-state index in [-0.39, 0.29) is 5.91 Å². The first-order chi connectivity index (χ1) is 7.18. The Bertz CT molecular complexity index is 354. The fraction of sp³-hybridized carbons (Fsp3) is 0.636. The molecule has 1 aliphatic rings. The molecule has 4 heteroatoms. The van der Waals surface area contributed by atoms with Gasteiger partial charge < -0.3 is 4.90 Å². The van der Waals surface area contributed by atoms with E-state index in [1.54, 1.807) is 6.20 Å². The van der Waals surface area contributed by atoms with E-state index >= 15 is 0 Å². The molecular weight excluding hydrogens is 190 g/mol. The maximum atomic E-state index is 12.0. The third kappa shape index (κ3) is 2.03. The van der Waals surface area contributed by atoms with Crippen LogP contribution in [0.3, 0.4) is 0 Å². The summed E-state index contributed by atoms with van der Waals surface area (Å²) in [5, 5.41) is 6.65. The number of carbonyl (C=O) groups excluding carboxylic acids is 1. The van der Waals surface area contributed by atoms with Gasteiger partial charge in [-0.05, 0) is 25.7 Å². The monoisotopic (exact) mass is 207 g/mol. The Morgan fingerprint density at radius 1 is 1.67 bits per heavy atom. The van der Waals surface area contributed by atoms with Crippen molar-refractivity contribution in [2.75, 3.05) is 13.6 Å². The molecule has 1 aromatic heterocycles. The lowest BCUT2D eigenvalue weighted by molar-refractivity contribution is 0.0744. The van der Waals surface area contributed by atoms with Crippen LogP contribution in [-0.4, -0.2) is 34.6 Å². The van der Waals surface area contributed by atoms with Crippen molar-refractivity contribution in [3.05, 3.63) is 17.5 Å². The van der Waals surface area contributed by atoms with Gasteiger partial charge in [0.05, 0.1) is 11.8 Å². The van der Waals surface area contributed by atoms with E-state index in [1.807, 2.05) is 18.9 Å². The van der Waals surface area contributed by atoms with E-state index in [9.17, 15) is 4.79 Å². The van der Waals surface area contributed by atoms with Gasteiger partial charge in [0.1, 0.15) is 0 Å². The molecule has 1 aliphatic carbocycles. The number of nitrogens with zero attached hydrogens (tertiary/aromatic N) is 2. The second-order valence-corrected chi connectivity index (χ2v) is 4.39. The van der Waals surface area contributed by atoms with E-state index in [2.05, 4.69) is 10.2 Å². The smallest absolute Gasteiger partial charge is 0.257 e. The summed E-state index contributed by atoms with van der Waals surface area (Å²) < 4.78 is 0. The number of H-pyrrole nitrogens is 1. The zero-order valence-corrected chi connectivity index (χ0v) is 9.29. The normalized spacial score (nSPS) is 16.1. The van der Waals surface area contributed by atoms with Crippen molar-refractivity contribution in [1.29, 1.82) is 0 Å². The molecule has 1 fully saturated rings. The minimum absolute atomic E-state index is 0.0770. The van der Waals surface area contributed by atoms with E-state index in [0.29, 0.717) is 11.5 Å². The molecule has 0 atom stereocenters. The van der Waals surface area contributed by atoms with Gasteiger partial charge >= 0.3 is 0 Å². The van der Waals surface area contributed by atoms with Gasteiger partial charge in [0.2, 0.25) is 0 Å². The molecule has 1 heterocycles. The Morgan fingerprint density at radius 2 is 2.40 bits per heavy atom. The Morgan fingerprint density at radius 3 is 2.87 bits per heavy atom. The van der Waals surface area contributed by atoms with Gasteiger partial charge in [0.15, 0.2) is 0 Å². The minimum Gasteiger partial charge on any atom is -0.341 e. The Balaban J connectivity index is 1.97. The molecule has 1 N–H and O–H groups in total. The van der Waals surface area contributed by atoms with Gasteiger partial charge in [-0.15, -0.1) is 0 Å². The van der Waals surface area contributed by atoms with Crippen LogP contribution in [0.25, 0.3) is 0 Å². The van der Waals surface area contributed by atoms with Crippen LogP contribution in [0.1, 0.15) is 35.3 Å². The average molecular weight is 207 g/mol. The molecule has 0 saturated heterocycles. The maximum Gasteiger partial charge on any atom is 0.257 e. The van der Waals surface area contributed by atoms with E-state index in [4.69, 9.17) is 0 Å². The Hall–Kier alpha value is -1.32. The topological polar surface area (TPSA) is 49.0 Å². The first-order valence-corrected chi connectivity index (χ1v) is 5.44. The summed E-state index contributed by atoms with van der Waals surface area (Å²) in [4.78, 5) is 13.8. The number of hydrogen-bond acceptors (Lipinski definition) is 2. The standard InChI is InChI=1S/C11H17N3O/c1-8-10(6-12-13-8)11(15)14(2)7-9-4-3-5-9/h6,9H,3-5,7H2,1-2H3,(H,12,13). The predicted molar refractivity (Wildman–Crippen MR) is 57.6 cm³/mol. The molecule has 0 spiro atoms. The number of aromatic amines is 1. The summed E-state index contributed by atoms with van der Waals surface area (Å²) in [5.74, 6) is 0.791. The van der Waals surface area contributed by atoms with Crippen LogP contribution in [0.2, 0.25) is 0 Å². The second kappa shape index (κ2) is 4.04. The molecule has 1 saturated carbocycles. The molecule has 0 radical (unpaired) electrons. The molecule has 1 amide bonds. The molecule has 0 bridgehead atoms. The first-order valence-electron chi connectivity index (χ1n) is 5.44. The van der Waals surface area contributed by atoms with Gasteiger partial charge in [-0.2, -0.15) is 5.10 Å². The fourth-order valence-corrected chi connectivity index (χ4v) is 1.92. The maximum absolute atomic E-state index is 12.0. The van der Waals surface area contributed by atoms with Crippen molar-refractivity contribution in [3.63, 3.8) is 0 Å². The lowest BCUT2D eigenvalue weighted by Gasteiger charge is -2.30. The quantitative estimate of drug-likeness (QED) is 0.818. The highest BCUT2D eigenvalue weighted by Crippen LogP contribution is 2.27. The minimum atomic E-state index is 0.0770. The predicted octanol–water partition coefficient (Wildman–Crippen LogP) is 1.59. The SMILES string of the molecule is Cc1[nH]ncc1C(=O)N(C)CC1CCC1. The van der Waals surface area contributed by atoms with Crippen LogP contribution in [0.15, 0.2) is 6.20 Å². The van der Waals surface area contributed by atoms with Gasteiger partial charge in [0.25, 0.3) is 5.91 Å². The van der Waals surface area contributed by atoms with Gasteiger partial charge in [-0.25, -0.2) is 0 Å². The van der Waals surface area contributed by atoms with Crippen molar-refractivity contribution in [3.8, 4) is 0 Å². The van der Waals surface area contributed by atoms with E-state index in [0.717, 1.165) is 12.2 Å². The highest BCUT2D eigenvalue weighted by molar-refractivity contribution is 5.94. The van der Waals surface area contributed by atoms with E-state index < -0.39 is 0 Å². The van der Waals surface area contributed by atoms with Crippen LogP contribution in [0, 0.1) is 12.8 Å². The highest BCUT2D eigenvalue weighted by atomic mass is 16.2. The highest BCUT2D eigenvalue weighted by Gasteiger charge is 2.23. The molecule has 1 aromatic rings. The Kier molecular flexibility index (Phi) is 2.75. The average Bonchev–Trinajstić information content (AvgIpc) is 2.56. The van der Waals surface area contributed by atoms with E-state index in [1.165, 1.54) is 19.3 Å². The number of aromatic nitrogens is 2. The summed E-state index contributed by atoms with van der Waals surface area (Å²) in [7, 11) is 1.87. The third-order valence-corrected chi connectivity index (χ3v) is 3.16. The van der Waals surface area contributed by atoms with Gasteiger partial charge in [-0.1, -0.05) is 6.42 Å². The molecule has 0 unspecified atom stereocenters. The van der Waals surface area contributed by atoms with Crippen LogP contribution in [-0.2, 0) is 0 Å². The first kappa shape index (κ1) is 10.2. The Labute approximate surface area is 89.7 Å². The van der Waals surface area contributed by atoms with Crippen LogP contribution >= 0.6 is 0 Å². The van der Waals surface area contributed by atoms with Crippen molar-refractivity contribution < 1.29 is 4.79 Å². The molecule has 15 heavy (non-hydrogen) atoms. The summed E-state index contributed by atoms with van der Waals surface area (Å²) in [5.41, 5.74) is 1.54. The molecule has 2 rings (SSSR count). The molecule has 0 aromatic carbocycles. The largest absolute Gasteiger partial charge is 0.341 e. The third-order valence-electron chi connectivity index (χ3n) is 3.16. The summed E-state index contributed by atoms with van der Waals surface area (Å²) in [6.07, 6.45) is 5.45. The van der Waals surface area contributed by atoms with Gasteiger partial charge in [0, 0.05) is 19.3 Å². The van der Waals surface area contributed by atoms with Crippen molar-refractivity contribution in [1.82, 2.24) is 15.1 Å². The van der Waals surface area contributed by atoms with Crippen LogP contribution < -0.4 is 0 Å². The zero-order valence-electron chi connectivity index (χ0n) is 9.29. The van der Waals surface area contributed by atoms with Crippen molar-refractivity contribution in [2.45, 2.75) is 26.2 Å². The van der Waals surface area contributed by atoms with Crippen molar-refractivity contribution >= 4 is 5.91 Å². The second-order valence-electron chi connectivity index (χ2n) is 4.39. The number of aryl methyl sites for hydroxylation is 1. The summed E-state index contributed by atoms with van der Waals surface area (Å²) in [6, 6.07) is 0. The van der Waals surface area contributed by atoms with Crippen molar-refractivity contribution in [2.24, 2.45) is 5.92 Å². The fourth-order valence-electron chi connectivity index (χ4n) is 1.92. The zero-order chi connectivity index (χ0) is 10.8. The summed E-state index contributed by atoms with van der Waals surface area (Å²) in [6.45, 7) is 2.75. The lowest BCUT2D eigenvalue weighted by Crippen LogP contribution is -2.34. The molecular formula is C11H17N3O. The summed E-state index contributed by atoms with van der Waals surface area (Å²) >= 11 is 0. The lowest BCUT2D eigenvalue weighted by atomic mass is 9.85. The molecule has 4 nitrogen and oxygen atoms in total. The molecule has 0 aliphatic heterocycles. The van der Waals surface area contributed by atoms with Crippen LogP contribution in [0.5, 0.6) is 0 Å². The number of hydrogen-bond donors (Lipinski definition) is 1. The van der Waals surface area contributed by atoms with Gasteiger partial charge in [-0.3, -0.25) is 9.89 Å². The number of amides is 1. The number of carbonyl (C=O) groups is 1. The number of rotatable bonds is 3. The number of nitrogens with one attached hydrogen (secondary N) is 1. The van der Waals surface area contributed by atoms with Crippen LogP contribution in [0.4, 0.5) is 0 Å². The molecule has 82 valence electrons.